The molecule has 0 aliphatic carbocycles. The van der Waals surface area contributed by atoms with Crippen molar-refractivity contribution in [3.8, 4) is 5.75 Å². The molecule has 1 aliphatic heterocycles. The number of benzene rings is 2. The van der Waals surface area contributed by atoms with Crippen LogP contribution in [0.25, 0.3) is 0 Å². The smallest absolute Gasteiger partial charge is 0.124 e. The Morgan fingerprint density at radius 1 is 1.17 bits per heavy atom. The van der Waals surface area contributed by atoms with Gasteiger partial charge in [-0.1, -0.05) is 23.7 Å². The van der Waals surface area contributed by atoms with Crippen LogP contribution in [0.3, 0.4) is 0 Å². The molecule has 0 saturated carbocycles. The Kier molecular flexibility index (Phi) is 5.72. The third-order valence-corrected chi connectivity index (χ3v) is 4.63. The Balaban J connectivity index is 2.09. The van der Waals surface area contributed by atoms with Crippen molar-refractivity contribution in [1.82, 2.24) is 10.2 Å². The molecule has 1 unspecified atom stereocenters. The Labute approximate surface area is 147 Å². The van der Waals surface area contributed by atoms with Crippen LogP contribution in [0.4, 0.5) is 4.39 Å². The lowest BCUT2D eigenvalue weighted by atomic mass is 9.95. The fourth-order valence-corrected chi connectivity index (χ4v) is 3.51. The molecule has 3 rings (SSSR count). The first-order chi connectivity index (χ1) is 11.7. The van der Waals surface area contributed by atoms with E-state index in [1.54, 1.807) is 19.2 Å². The van der Waals surface area contributed by atoms with Gasteiger partial charge in [0.15, 0.2) is 0 Å². The van der Waals surface area contributed by atoms with Gasteiger partial charge in [-0.05, 0) is 48.9 Å². The average Bonchev–Trinajstić information content (AvgIpc) is 2.85. The number of ether oxygens (including phenoxy) is 1. The van der Waals surface area contributed by atoms with Gasteiger partial charge in [0.2, 0.25) is 0 Å². The molecule has 1 saturated heterocycles. The second-order valence-electron chi connectivity index (χ2n) is 5.98. The molecule has 0 bridgehead atoms. The van der Waals surface area contributed by atoms with Crippen molar-refractivity contribution < 1.29 is 9.13 Å². The van der Waals surface area contributed by atoms with E-state index in [2.05, 4.69) is 10.2 Å². The summed E-state index contributed by atoms with van der Waals surface area (Å²) in [5.41, 5.74) is 1.88. The summed E-state index contributed by atoms with van der Waals surface area (Å²) in [6, 6.07) is 12.4. The number of nitrogens with zero attached hydrogens (tertiary/aromatic N) is 1. The molecule has 0 amide bonds. The molecule has 0 radical (unpaired) electrons. The van der Waals surface area contributed by atoms with Crippen molar-refractivity contribution in [2.45, 2.75) is 12.5 Å². The molecule has 3 nitrogen and oxygen atoms in total. The molecule has 2 aromatic rings. The van der Waals surface area contributed by atoms with Gasteiger partial charge in [-0.2, -0.15) is 0 Å². The predicted octanol–water partition coefficient (Wildman–Crippen LogP) is 3.87. The molecular formula is C19H22ClFN2O. The standard InChI is InChI=1S/C19H22ClFN2O/c1-24-18-7-6-16(21)13-17(18)19(14-4-2-5-15(20)12-14)23-10-3-8-22-9-11-23/h2,4-7,12-13,19,22H,3,8-11H2,1H3. The summed E-state index contributed by atoms with van der Waals surface area (Å²) in [4.78, 5) is 2.36. The summed E-state index contributed by atoms with van der Waals surface area (Å²) in [5, 5.41) is 4.09. The minimum absolute atomic E-state index is 0.0887. The van der Waals surface area contributed by atoms with Gasteiger partial charge >= 0.3 is 0 Å². The molecular weight excluding hydrogens is 327 g/mol. The molecule has 5 heteroatoms. The number of halogens is 2. The zero-order chi connectivity index (χ0) is 16.9. The van der Waals surface area contributed by atoms with E-state index in [0.29, 0.717) is 10.8 Å². The number of nitrogens with one attached hydrogen (secondary N) is 1. The van der Waals surface area contributed by atoms with Crippen LogP contribution in [0.15, 0.2) is 42.5 Å². The maximum atomic E-state index is 14.0. The van der Waals surface area contributed by atoms with Crippen LogP contribution in [-0.4, -0.2) is 38.2 Å². The molecule has 1 fully saturated rings. The predicted molar refractivity (Wildman–Crippen MR) is 95.3 cm³/mol. The third kappa shape index (κ3) is 3.89. The lowest BCUT2D eigenvalue weighted by Gasteiger charge is -2.32. The second kappa shape index (κ2) is 7.97. The van der Waals surface area contributed by atoms with E-state index >= 15 is 0 Å². The highest BCUT2D eigenvalue weighted by molar-refractivity contribution is 6.30. The fourth-order valence-electron chi connectivity index (χ4n) is 3.31. The Hall–Kier alpha value is -1.62. The summed E-state index contributed by atoms with van der Waals surface area (Å²) >= 11 is 6.22. The highest BCUT2D eigenvalue weighted by Crippen LogP contribution is 2.36. The molecule has 1 N–H and O–H groups in total. The largest absolute Gasteiger partial charge is 0.496 e. The molecule has 1 aliphatic rings. The van der Waals surface area contributed by atoms with Crippen molar-refractivity contribution in [2.75, 3.05) is 33.3 Å². The van der Waals surface area contributed by atoms with E-state index in [1.807, 2.05) is 24.3 Å². The monoisotopic (exact) mass is 348 g/mol. The quantitative estimate of drug-likeness (QED) is 0.907. The summed E-state index contributed by atoms with van der Waals surface area (Å²) < 4.78 is 19.5. The van der Waals surface area contributed by atoms with Gasteiger partial charge in [-0.15, -0.1) is 0 Å². The average molecular weight is 349 g/mol. The maximum Gasteiger partial charge on any atom is 0.124 e. The van der Waals surface area contributed by atoms with Crippen LogP contribution in [0.2, 0.25) is 5.02 Å². The lowest BCUT2D eigenvalue weighted by molar-refractivity contribution is 0.236. The van der Waals surface area contributed by atoms with Gasteiger partial charge in [-0.25, -0.2) is 4.39 Å². The first-order valence-electron chi connectivity index (χ1n) is 8.22. The van der Waals surface area contributed by atoms with Crippen LogP contribution < -0.4 is 10.1 Å². The van der Waals surface area contributed by atoms with E-state index in [-0.39, 0.29) is 11.9 Å². The minimum Gasteiger partial charge on any atom is -0.496 e. The third-order valence-electron chi connectivity index (χ3n) is 4.39. The number of methoxy groups -OCH3 is 1. The topological polar surface area (TPSA) is 24.5 Å². The fraction of sp³-hybridized carbons (Fsp3) is 0.368. The van der Waals surface area contributed by atoms with Crippen molar-refractivity contribution in [1.29, 1.82) is 0 Å². The molecule has 0 spiro atoms. The van der Waals surface area contributed by atoms with Crippen LogP contribution in [0, 0.1) is 5.82 Å². The highest BCUT2D eigenvalue weighted by Gasteiger charge is 2.26. The number of hydrogen-bond acceptors (Lipinski definition) is 3. The Morgan fingerprint density at radius 2 is 2.04 bits per heavy atom. The number of hydrogen-bond donors (Lipinski definition) is 1. The van der Waals surface area contributed by atoms with Gasteiger partial charge in [0.05, 0.1) is 13.2 Å². The summed E-state index contributed by atoms with van der Waals surface area (Å²) in [6.07, 6.45) is 1.05. The minimum atomic E-state index is -0.259. The van der Waals surface area contributed by atoms with Crippen molar-refractivity contribution in [2.24, 2.45) is 0 Å². The van der Waals surface area contributed by atoms with Crippen molar-refractivity contribution in [3.63, 3.8) is 0 Å². The molecule has 1 atom stereocenters. The van der Waals surface area contributed by atoms with Gasteiger partial charge < -0.3 is 10.1 Å². The van der Waals surface area contributed by atoms with Crippen LogP contribution in [-0.2, 0) is 0 Å². The van der Waals surface area contributed by atoms with Crippen LogP contribution >= 0.6 is 11.6 Å². The summed E-state index contributed by atoms with van der Waals surface area (Å²) in [6.45, 7) is 3.73. The molecule has 2 aromatic carbocycles. The van der Waals surface area contributed by atoms with E-state index in [9.17, 15) is 4.39 Å². The van der Waals surface area contributed by atoms with Crippen LogP contribution in [0.1, 0.15) is 23.6 Å². The van der Waals surface area contributed by atoms with Crippen LogP contribution in [0.5, 0.6) is 5.75 Å². The van der Waals surface area contributed by atoms with Gasteiger partial charge in [0.25, 0.3) is 0 Å². The zero-order valence-electron chi connectivity index (χ0n) is 13.8. The second-order valence-corrected chi connectivity index (χ2v) is 6.42. The first-order valence-corrected chi connectivity index (χ1v) is 8.60. The normalized spacial score (nSPS) is 17.3. The summed E-state index contributed by atoms with van der Waals surface area (Å²) in [7, 11) is 1.62. The maximum absolute atomic E-state index is 14.0. The molecule has 24 heavy (non-hydrogen) atoms. The summed E-state index contributed by atoms with van der Waals surface area (Å²) in [5.74, 6) is 0.435. The zero-order valence-corrected chi connectivity index (χ0v) is 14.5. The van der Waals surface area contributed by atoms with E-state index in [1.165, 1.54) is 6.07 Å². The van der Waals surface area contributed by atoms with E-state index in [0.717, 1.165) is 43.7 Å². The highest BCUT2D eigenvalue weighted by atomic mass is 35.5. The Morgan fingerprint density at radius 3 is 2.83 bits per heavy atom. The Bertz CT molecular complexity index is 687. The van der Waals surface area contributed by atoms with E-state index < -0.39 is 0 Å². The molecule has 128 valence electrons. The first kappa shape index (κ1) is 17.2. The SMILES string of the molecule is COc1ccc(F)cc1C(c1cccc(Cl)c1)N1CCCNCC1. The van der Waals surface area contributed by atoms with Gasteiger partial charge in [0.1, 0.15) is 11.6 Å². The van der Waals surface area contributed by atoms with Gasteiger partial charge in [0, 0.05) is 30.2 Å². The lowest BCUT2D eigenvalue weighted by Crippen LogP contribution is -2.33. The van der Waals surface area contributed by atoms with Crippen molar-refractivity contribution in [3.05, 3.63) is 64.4 Å². The van der Waals surface area contributed by atoms with E-state index in [4.69, 9.17) is 16.3 Å². The molecule has 1 heterocycles. The molecule has 0 aromatic heterocycles. The van der Waals surface area contributed by atoms with Gasteiger partial charge in [-0.3, -0.25) is 4.90 Å². The number of rotatable bonds is 4. The van der Waals surface area contributed by atoms with Crippen molar-refractivity contribution >= 4 is 11.6 Å².